The van der Waals surface area contributed by atoms with E-state index in [1.54, 1.807) is 7.11 Å². The monoisotopic (exact) mass is 368 g/mol. The minimum Gasteiger partial charge on any atom is -0.493 e. The van der Waals surface area contributed by atoms with Gasteiger partial charge in [-0.3, -0.25) is 0 Å². The molecule has 134 valence electrons. The third-order valence-electron chi connectivity index (χ3n) is 3.97. The highest BCUT2D eigenvalue weighted by molar-refractivity contribution is 6.17. The van der Waals surface area contributed by atoms with Gasteiger partial charge in [0.05, 0.1) is 13.0 Å². The molecule has 4 heteroatoms. The van der Waals surface area contributed by atoms with Crippen molar-refractivity contribution in [2.24, 2.45) is 0 Å². The lowest BCUT2D eigenvalue weighted by atomic mass is 10.2. The zero-order valence-electron chi connectivity index (χ0n) is 14.7. The van der Waals surface area contributed by atoms with Crippen molar-refractivity contribution in [1.82, 2.24) is 0 Å². The molecular weight excluding hydrogens is 348 g/mol. The summed E-state index contributed by atoms with van der Waals surface area (Å²) in [7, 11) is 1.62. The van der Waals surface area contributed by atoms with Gasteiger partial charge in [-0.25, -0.2) is 0 Å². The molecule has 3 nitrogen and oxygen atoms in total. The highest BCUT2D eigenvalue weighted by Gasteiger charge is 2.17. The van der Waals surface area contributed by atoms with E-state index in [0.29, 0.717) is 36.3 Å². The summed E-state index contributed by atoms with van der Waals surface area (Å²) in [5.41, 5.74) is 3.01. The Hall–Kier alpha value is -2.65. The van der Waals surface area contributed by atoms with E-state index < -0.39 is 0 Å². The highest BCUT2D eigenvalue weighted by Crippen LogP contribution is 2.41. The Morgan fingerprint density at radius 1 is 0.692 bits per heavy atom. The quantitative estimate of drug-likeness (QED) is 0.485. The number of ether oxygens (including phenoxy) is 3. The van der Waals surface area contributed by atoms with Crippen LogP contribution in [0.4, 0.5) is 0 Å². The summed E-state index contributed by atoms with van der Waals surface area (Å²) in [4.78, 5) is 0. The molecule has 0 saturated carbocycles. The fourth-order valence-electron chi connectivity index (χ4n) is 2.61. The molecule has 0 bridgehead atoms. The molecule has 3 aromatic carbocycles. The number of rotatable bonds is 8. The molecule has 26 heavy (non-hydrogen) atoms. The molecule has 0 amide bonds. The van der Waals surface area contributed by atoms with Gasteiger partial charge in [0.2, 0.25) is 5.75 Å². The van der Waals surface area contributed by atoms with E-state index in [1.807, 2.05) is 72.8 Å². The lowest BCUT2D eigenvalue weighted by Gasteiger charge is -2.18. The zero-order valence-corrected chi connectivity index (χ0v) is 15.4. The third kappa shape index (κ3) is 4.50. The maximum Gasteiger partial charge on any atom is 0.204 e. The average molecular weight is 369 g/mol. The van der Waals surface area contributed by atoms with Crippen molar-refractivity contribution in [2.75, 3.05) is 7.11 Å². The molecule has 0 unspecified atom stereocenters. The van der Waals surface area contributed by atoms with E-state index in [1.165, 1.54) is 0 Å². The van der Waals surface area contributed by atoms with Crippen molar-refractivity contribution in [3.63, 3.8) is 0 Å². The molecule has 0 radical (unpaired) electrons. The lowest BCUT2D eigenvalue weighted by molar-refractivity contribution is 0.242. The van der Waals surface area contributed by atoms with Crippen molar-refractivity contribution < 1.29 is 14.2 Å². The number of alkyl halides is 1. The summed E-state index contributed by atoms with van der Waals surface area (Å²) in [6, 6.07) is 23.7. The van der Waals surface area contributed by atoms with Crippen LogP contribution < -0.4 is 14.2 Å². The average Bonchev–Trinajstić information content (AvgIpc) is 2.71. The number of benzene rings is 3. The van der Waals surface area contributed by atoms with Crippen LogP contribution in [0, 0.1) is 0 Å². The SMILES string of the molecule is COc1ccc(CCl)c(OCc2ccccc2)c1OCc1ccccc1. The molecule has 3 aromatic rings. The van der Waals surface area contributed by atoms with Crippen molar-refractivity contribution in [3.8, 4) is 17.2 Å². The first-order chi connectivity index (χ1) is 12.8. The maximum absolute atomic E-state index is 6.12. The minimum absolute atomic E-state index is 0.329. The summed E-state index contributed by atoms with van der Waals surface area (Å²) >= 11 is 6.12. The first-order valence-electron chi connectivity index (χ1n) is 8.41. The molecule has 0 fully saturated rings. The normalized spacial score (nSPS) is 10.4. The van der Waals surface area contributed by atoms with Gasteiger partial charge in [-0.2, -0.15) is 0 Å². The van der Waals surface area contributed by atoms with E-state index in [4.69, 9.17) is 25.8 Å². The van der Waals surface area contributed by atoms with Crippen LogP contribution in [0.25, 0.3) is 0 Å². The van der Waals surface area contributed by atoms with E-state index >= 15 is 0 Å². The number of hydrogen-bond acceptors (Lipinski definition) is 3. The molecule has 3 rings (SSSR count). The van der Waals surface area contributed by atoms with Crippen molar-refractivity contribution in [3.05, 3.63) is 89.5 Å². The first-order valence-corrected chi connectivity index (χ1v) is 8.94. The first kappa shape index (κ1) is 18.2. The lowest BCUT2D eigenvalue weighted by Crippen LogP contribution is -2.04. The van der Waals surface area contributed by atoms with Gasteiger partial charge >= 0.3 is 0 Å². The van der Waals surface area contributed by atoms with Gasteiger partial charge in [0.15, 0.2) is 11.5 Å². The minimum atomic E-state index is 0.329. The van der Waals surface area contributed by atoms with Crippen LogP contribution >= 0.6 is 11.6 Å². The Kier molecular flexibility index (Phi) is 6.39. The van der Waals surface area contributed by atoms with Crippen LogP contribution in [0.1, 0.15) is 16.7 Å². The zero-order chi connectivity index (χ0) is 18.2. The highest BCUT2D eigenvalue weighted by atomic mass is 35.5. The predicted octanol–water partition coefficient (Wildman–Crippen LogP) is 5.59. The maximum atomic E-state index is 6.12. The Labute approximate surface area is 159 Å². The van der Waals surface area contributed by atoms with E-state index in [-0.39, 0.29) is 0 Å². The second-order valence-electron chi connectivity index (χ2n) is 5.77. The fourth-order valence-corrected chi connectivity index (χ4v) is 2.82. The topological polar surface area (TPSA) is 27.7 Å². The molecule has 0 aromatic heterocycles. The summed E-state index contributed by atoms with van der Waals surface area (Å²) < 4.78 is 17.6. The molecule has 0 spiro atoms. The van der Waals surface area contributed by atoms with Crippen molar-refractivity contribution in [2.45, 2.75) is 19.1 Å². The number of methoxy groups -OCH3 is 1. The summed E-state index contributed by atoms with van der Waals surface area (Å²) in [5, 5.41) is 0. The number of hydrogen-bond donors (Lipinski definition) is 0. The van der Waals surface area contributed by atoms with Gasteiger partial charge < -0.3 is 14.2 Å². The van der Waals surface area contributed by atoms with E-state index in [0.717, 1.165) is 16.7 Å². The fraction of sp³-hybridized carbons (Fsp3) is 0.182. The molecule has 0 atom stereocenters. The molecule has 0 saturated heterocycles. The van der Waals surface area contributed by atoms with Crippen molar-refractivity contribution >= 4 is 11.6 Å². The van der Waals surface area contributed by atoms with E-state index in [2.05, 4.69) is 0 Å². The molecule has 0 aliphatic carbocycles. The van der Waals surface area contributed by atoms with Crippen LogP contribution in [0.15, 0.2) is 72.8 Å². The van der Waals surface area contributed by atoms with Gasteiger partial charge in [-0.1, -0.05) is 66.7 Å². The smallest absolute Gasteiger partial charge is 0.204 e. The van der Waals surface area contributed by atoms with Gasteiger partial charge in [-0.15, -0.1) is 11.6 Å². The molecule has 0 heterocycles. The standard InChI is InChI=1S/C22H21ClO3/c1-24-20-13-12-19(14-23)21(25-15-17-8-4-2-5-9-17)22(20)26-16-18-10-6-3-7-11-18/h2-13H,14-16H2,1H3. The molecule has 0 aliphatic heterocycles. The van der Waals surface area contributed by atoms with Crippen molar-refractivity contribution in [1.29, 1.82) is 0 Å². The second kappa shape index (κ2) is 9.16. The van der Waals surface area contributed by atoms with Crippen LogP contribution in [-0.4, -0.2) is 7.11 Å². The van der Waals surface area contributed by atoms with Gasteiger partial charge in [0.1, 0.15) is 13.2 Å². The van der Waals surface area contributed by atoms with Gasteiger partial charge in [0.25, 0.3) is 0 Å². The second-order valence-corrected chi connectivity index (χ2v) is 6.03. The Balaban J connectivity index is 1.86. The Morgan fingerprint density at radius 3 is 1.73 bits per heavy atom. The Morgan fingerprint density at radius 2 is 1.23 bits per heavy atom. The van der Waals surface area contributed by atoms with Crippen LogP contribution in [-0.2, 0) is 19.1 Å². The third-order valence-corrected chi connectivity index (χ3v) is 4.26. The van der Waals surface area contributed by atoms with Crippen LogP contribution in [0.3, 0.4) is 0 Å². The Bertz CT molecular complexity index is 749. The van der Waals surface area contributed by atoms with Crippen LogP contribution in [0.5, 0.6) is 17.2 Å². The molecular formula is C22H21ClO3. The van der Waals surface area contributed by atoms with Gasteiger partial charge in [0, 0.05) is 5.56 Å². The predicted molar refractivity (Wildman–Crippen MR) is 104 cm³/mol. The largest absolute Gasteiger partial charge is 0.493 e. The van der Waals surface area contributed by atoms with Gasteiger partial charge in [-0.05, 0) is 17.2 Å². The number of halogens is 1. The molecule has 0 N–H and O–H groups in total. The molecule has 0 aliphatic rings. The summed E-state index contributed by atoms with van der Waals surface area (Å²) in [6.45, 7) is 0.851. The van der Waals surface area contributed by atoms with E-state index in [9.17, 15) is 0 Å². The summed E-state index contributed by atoms with van der Waals surface area (Å²) in [6.07, 6.45) is 0. The summed E-state index contributed by atoms with van der Waals surface area (Å²) in [5.74, 6) is 2.15. The van der Waals surface area contributed by atoms with Crippen LogP contribution in [0.2, 0.25) is 0 Å².